The molecule has 0 aliphatic rings. The SMILES string of the molecule is FC(F)(F)C(F)(F)c1ccno1. The first-order chi connectivity index (χ1) is 5.36. The van der Waals surface area contributed by atoms with E-state index < -0.39 is 17.9 Å². The lowest BCUT2D eigenvalue weighted by atomic mass is 10.2. The second kappa shape index (κ2) is 2.43. The van der Waals surface area contributed by atoms with Crippen molar-refractivity contribution in [3.05, 3.63) is 18.0 Å². The van der Waals surface area contributed by atoms with Crippen LogP contribution in [-0.2, 0) is 5.92 Å². The topological polar surface area (TPSA) is 26.0 Å². The molecule has 0 bridgehead atoms. The Morgan fingerprint density at radius 3 is 2.08 bits per heavy atom. The number of halogens is 5. The maximum Gasteiger partial charge on any atom is 0.461 e. The lowest BCUT2D eigenvalue weighted by Gasteiger charge is -2.15. The number of alkyl halides is 5. The fourth-order valence-electron chi connectivity index (χ4n) is 0.517. The van der Waals surface area contributed by atoms with Gasteiger partial charge in [-0.2, -0.15) is 22.0 Å². The summed E-state index contributed by atoms with van der Waals surface area (Å²) in [5, 5.41) is 2.75. The molecule has 0 saturated carbocycles. The fraction of sp³-hybridized carbons (Fsp3) is 0.400. The van der Waals surface area contributed by atoms with Crippen LogP contribution in [0.15, 0.2) is 16.8 Å². The summed E-state index contributed by atoms with van der Waals surface area (Å²) in [5.41, 5.74) is 0. The van der Waals surface area contributed by atoms with E-state index in [1.54, 1.807) is 0 Å². The zero-order chi connectivity index (χ0) is 9.41. The molecule has 0 unspecified atom stereocenters. The van der Waals surface area contributed by atoms with E-state index >= 15 is 0 Å². The van der Waals surface area contributed by atoms with Crippen LogP contribution >= 0.6 is 0 Å². The predicted octanol–water partition coefficient (Wildman–Crippen LogP) is 2.33. The van der Waals surface area contributed by atoms with E-state index in [4.69, 9.17) is 0 Å². The van der Waals surface area contributed by atoms with Crippen LogP contribution in [0.2, 0.25) is 0 Å². The van der Waals surface area contributed by atoms with Crippen LogP contribution < -0.4 is 0 Å². The van der Waals surface area contributed by atoms with Gasteiger partial charge in [-0.3, -0.25) is 0 Å². The molecule has 0 aliphatic carbocycles. The smallest absolute Gasteiger partial charge is 0.355 e. The minimum Gasteiger partial charge on any atom is -0.355 e. The molecule has 0 N–H and O–H groups in total. The summed E-state index contributed by atoms with van der Waals surface area (Å²) in [6.07, 6.45) is -4.93. The molecular formula is C5H2F5NO. The lowest BCUT2D eigenvalue weighted by Crippen LogP contribution is -2.33. The van der Waals surface area contributed by atoms with Crippen molar-refractivity contribution in [3.8, 4) is 0 Å². The Labute approximate surface area is 63.0 Å². The molecule has 0 aromatic carbocycles. The number of aromatic nitrogens is 1. The summed E-state index contributed by atoms with van der Waals surface area (Å²) in [5.74, 6) is -6.47. The highest BCUT2D eigenvalue weighted by Gasteiger charge is 2.61. The van der Waals surface area contributed by atoms with Gasteiger partial charge in [0.1, 0.15) is 0 Å². The Hall–Kier alpha value is -1.14. The van der Waals surface area contributed by atoms with Crippen molar-refractivity contribution < 1.29 is 26.5 Å². The molecule has 0 spiro atoms. The average Bonchev–Trinajstić information content (AvgIpc) is 2.34. The maximum atomic E-state index is 12.2. The average molecular weight is 187 g/mol. The van der Waals surface area contributed by atoms with E-state index in [9.17, 15) is 22.0 Å². The normalized spacial score (nSPS) is 13.4. The molecule has 1 aromatic heterocycles. The lowest BCUT2D eigenvalue weighted by molar-refractivity contribution is -0.296. The Bertz CT molecular complexity index is 251. The van der Waals surface area contributed by atoms with Gasteiger partial charge in [0.25, 0.3) is 0 Å². The zero-order valence-electron chi connectivity index (χ0n) is 5.40. The Morgan fingerprint density at radius 1 is 1.17 bits per heavy atom. The largest absolute Gasteiger partial charge is 0.461 e. The third-order valence-corrected chi connectivity index (χ3v) is 1.10. The van der Waals surface area contributed by atoms with Crippen molar-refractivity contribution in [2.45, 2.75) is 12.1 Å². The standard InChI is InChI=1S/C5H2F5NO/c6-4(7,5(8,9)10)3-1-2-11-12-3/h1-2H. The molecule has 1 aromatic rings. The molecule has 68 valence electrons. The summed E-state index contributed by atoms with van der Waals surface area (Å²) >= 11 is 0. The van der Waals surface area contributed by atoms with Gasteiger partial charge in [0.2, 0.25) is 5.76 Å². The van der Waals surface area contributed by atoms with Crippen molar-refractivity contribution in [1.29, 1.82) is 0 Å². The molecule has 0 amide bonds. The highest BCUT2D eigenvalue weighted by molar-refractivity contribution is 5.04. The van der Waals surface area contributed by atoms with Crippen LogP contribution in [0.25, 0.3) is 0 Å². The van der Waals surface area contributed by atoms with Gasteiger partial charge in [-0.1, -0.05) is 5.16 Å². The van der Waals surface area contributed by atoms with Gasteiger partial charge in [-0.15, -0.1) is 0 Å². The van der Waals surface area contributed by atoms with Gasteiger partial charge in [-0.25, -0.2) is 0 Å². The van der Waals surface area contributed by atoms with Gasteiger partial charge in [0.05, 0.1) is 6.20 Å². The molecule has 0 saturated heterocycles. The van der Waals surface area contributed by atoms with Crippen molar-refractivity contribution in [2.24, 2.45) is 0 Å². The first kappa shape index (κ1) is 8.95. The van der Waals surface area contributed by atoms with E-state index in [0.29, 0.717) is 6.07 Å². The highest BCUT2D eigenvalue weighted by Crippen LogP contribution is 2.43. The molecule has 12 heavy (non-hydrogen) atoms. The van der Waals surface area contributed by atoms with Crippen molar-refractivity contribution in [3.63, 3.8) is 0 Å². The fourth-order valence-corrected chi connectivity index (χ4v) is 0.517. The van der Waals surface area contributed by atoms with Crippen molar-refractivity contribution in [2.75, 3.05) is 0 Å². The highest BCUT2D eigenvalue weighted by atomic mass is 19.4. The summed E-state index contributed by atoms with van der Waals surface area (Å²) in [6, 6.07) is 0.466. The minimum atomic E-state index is -5.65. The Balaban J connectivity index is 3.02. The second-order valence-electron chi connectivity index (χ2n) is 1.95. The van der Waals surface area contributed by atoms with E-state index in [2.05, 4.69) is 9.68 Å². The van der Waals surface area contributed by atoms with E-state index in [1.165, 1.54) is 0 Å². The summed E-state index contributed by atoms with van der Waals surface area (Å²) in [7, 11) is 0. The maximum absolute atomic E-state index is 12.2. The zero-order valence-corrected chi connectivity index (χ0v) is 5.40. The molecule has 0 fully saturated rings. The number of rotatable bonds is 1. The molecule has 2 nitrogen and oxygen atoms in total. The van der Waals surface area contributed by atoms with E-state index in [1.807, 2.05) is 0 Å². The van der Waals surface area contributed by atoms with Crippen LogP contribution in [0, 0.1) is 0 Å². The Kier molecular flexibility index (Phi) is 1.81. The monoisotopic (exact) mass is 187 g/mol. The number of nitrogens with zero attached hydrogens (tertiary/aromatic N) is 1. The molecule has 7 heteroatoms. The van der Waals surface area contributed by atoms with Crippen LogP contribution in [0.3, 0.4) is 0 Å². The van der Waals surface area contributed by atoms with Crippen LogP contribution in [-0.4, -0.2) is 11.3 Å². The van der Waals surface area contributed by atoms with E-state index in [0.717, 1.165) is 6.20 Å². The molecule has 0 atom stereocenters. The van der Waals surface area contributed by atoms with Gasteiger partial charge < -0.3 is 4.52 Å². The number of hydrogen-bond donors (Lipinski definition) is 0. The Morgan fingerprint density at radius 2 is 1.75 bits per heavy atom. The van der Waals surface area contributed by atoms with Gasteiger partial charge in [0, 0.05) is 6.07 Å². The van der Waals surface area contributed by atoms with Crippen molar-refractivity contribution >= 4 is 0 Å². The molecule has 1 heterocycles. The number of hydrogen-bond acceptors (Lipinski definition) is 2. The molecule has 0 aliphatic heterocycles. The van der Waals surface area contributed by atoms with Crippen molar-refractivity contribution in [1.82, 2.24) is 5.16 Å². The molecule has 0 radical (unpaired) electrons. The van der Waals surface area contributed by atoms with E-state index in [-0.39, 0.29) is 0 Å². The summed E-state index contributed by atoms with van der Waals surface area (Å²) in [6.45, 7) is 0. The van der Waals surface area contributed by atoms with Gasteiger partial charge >= 0.3 is 12.1 Å². The molecule has 1 rings (SSSR count). The van der Waals surface area contributed by atoms with Crippen LogP contribution in [0.5, 0.6) is 0 Å². The first-order valence-corrected chi connectivity index (χ1v) is 2.71. The van der Waals surface area contributed by atoms with Crippen LogP contribution in [0.1, 0.15) is 5.76 Å². The molecular weight excluding hydrogens is 185 g/mol. The van der Waals surface area contributed by atoms with Gasteiger partial charge in [0.15, 0.2) is 0 Å². The predicted molar refractivity (Wildman–Crippen MR) is 26.5 cm³/mol. The van der Waals surface area contributed by atoms with Crippen LogP contribution in [0.4, 0.5) is 22.0 Å². The second-order valence-corrected chi connectivity index (χ2v) is 1.95. The third kappa shape index (κ3) is 1.26. The summed E-state index contributed by atoms with van der Waals surface area (Å²) in [4.78, 5) is 0. The summed E-state index contributed by atoms with van der Waals surface area (Å²) < 4.78 is 62.9. The quantitative estimate of drug-likeness (QED) is 0.630. The van der Waals surface area contributed by atoms with Gasteiger partial charge in [-0.05, 0) is 0 Å². The third-order valence-electron chi connectivity index (χ3n) is 1.10. The minimum absolute atomic E-state index is 0.466. The first-order valence-electron chi connectivity index (χ1n) is 2.71.